The summed E-state index contributed by atoms with van der Waals surface area (Å²) in [5.74, 6) is -0.645. The van der Waals surface area contributed by atoms with Crippen molar-refractivity contribution in [2.45, 2.75) is 0 Å². The number of para-hydroxylation sites is 2. The molecule has 0 aromatic heterocycles. The minimum absolute atomic E-state index is 0.0374. The van der Waals surface area contributed by atoms with Gasteiger partial charge in [-0.05, 0) is 12.1 Å². The van der Waals surface area contributed by atoms with Crippen molar-refractivity contribution in [3.05, 3.63) is 34.7 Å². The second kappa shape index (κ2) is 4.88. The van der Waals surface area contributed by atoms with Crippen molar-refractivity contribution in [2.75, 3.05) is 24.6 Å². The summed E-state index contributed by atoms with van der Waals surface area (Å²) in [6.07, 6.45) is 0.888. The second-order valence-corrected chi connectivity index (χ2v) is 6.24. The third kappa shape index (κ3) is 2.38. The van der Waals surface area contributed by atoms with E-state index in [1.807, 2.05) is 12.1 Å². The van der Waals surface area contributed by atoms with Gasteiger partial charge in [0.05, 0.1) is 30.6 Å². The van der Waals surface area contributed by atoms with Gasteiger partial charge in [-0.25, -0.2) is 4.79 Å². The number of hydrogen-bond acceptors (Lipinski definition) is 5. The summed E-state index contributed by atoms with van der Waals surface area (Å²) in [5.41, 5.74) is 0.460. The van der Waals surface area contributed by atoms with Crippen LogP contribution in [-0.2, 0) is 14.8 Å². The molecule has 1 N–H and O–H groups in total. The molecule has 0 radical (unpaired) electrons. The fraction of sp³-hybridized carbons (Fsp3) is 0.231. The van der Waals surface area contributed by atoms with Crippen molar-refractivity contribution in [1.82, 2.24) is 0 Å². The van der Waals surface area contributed by atoms with Crippen molar-refractivity contribution in [3.8, 4) is 5.75 Å². The van der Waals surface area contributed by atoms with Crippen LogP contribution in [0.3, 0.4) is 0 Å². The van der Waals surface area contributed by atoms with Gasteiger partial charge in [0.25, 0.3) is 10.0 Å². The molecule has 0 bridgehead atoms. The molecular weight excluding hydrogens is 296 g/mol. The smallest absolute Gasteiger partial charge is 0.338 e. The van der Waals surface area contributed by atoms with Crippen molar-refractivity contribution >= 4 is 27.9 Å². The Morgan fingerprint density at radius 1 is 1.38 bits per heavy atom. The van der Waals surface area contributed by atoms with E-state index in [4.69, 9.17) is 9.84 Å². The molecule has 2 aliphatic heterocycles. The molecule has 2 heterocycles. The summed E-state index contributed by atoms with van der Waals surface area (Å²) in [6.45, 7) is 0.848. The van der Waals surface area contributed by atoms with Gasteiger partial charge in [-0.2, -0.15) is 12.8 Å². The van der Waals surface area contributed by atoms with Crippen LogP contribution in [0.15, 0.2) is 39.1 Å². The van der Waals surface area contributed by atoms with Gasteiger partial charge in [0.2, 0.25) is 0 Å². The zero-order chi connectivity index (χ0) is 15.0. The highest BCUT2D eigenvalue weighted by atomic mass is 32.2. The fourth-order valence-electron chi connectivity index (χ4n) is 2.30. The van der Waals surface area contributed by atoms with Crippen LogP contribution in [0.4, 0.5) is 5.69 Å². The molecule has 7 nitrogen and oxygen atoms in total. The molecule has 0 aliphatic carbocycles. The number of ether oxygens (including phenoxy) is 1. The van der Waals surface area contributed by atoms with Gasteiger partial charge in [0, 0.05) is 0 Å². The Bertz CT molecular complexity index is 767. The Hall–Kier alpha value is -2.35. The predicted octanol–water partition coefficient (Wildman–Crippen LogP) is 0.638. The monoisotopic (exact) mass is 308 g/mol. The first kappa shape index (κ1) is 13.6. The van der Waals surface area contributed by atoms with Gasteiger partial charge in [-0.3, -0.25) is 0 Å². The lowest BCUT2D eigenvalue weighted by Gasteiger charge is -2.31. The molecule has 0 saturated carbocycles. The Labute approximate surface area is 121 Å². The summed E-state index contributed by atoms with van der Waals surface area (Å²) in [4.78, 5) is 12.7. The van der Waals surface area contributed by atoms with Crippen LogP contribution in [0.5, 0.6) is 5.75 Å². The van der Waals surface area contributed by atoms with E-state index < -0.39 is 16.0 Å². The quantitative estimate of drug-likeness (QED) is 0.880. The van der Waals surface area contributed by atoms with Gasteiger partial charge in [-0.1, -0.05) is 12.1 Å². The van der Waals surface area contributed by atoms with Crippen molar-refractivity contribution in [1.29, 1.82) is 0 Å². The van der Waals surface area contributed by atoms with Crippen LogP contribution >= 0.6 is 0 Å². The fourth-order valence-corrected chi connectivity index (χ4v) is 3.41. The van der Waals surface area contributed by atoms with E-state index in [-0.39, 0.29) is 17.0 Å². The van der Waals surface area contributed by atoms with Crippen LogP contribution in [0, 0.1) is 0 Å². The second-order valence-electron chi connectivity index (χ2n) is 4.59. The normalized spacial score (nSPS) is 19.3. The molecule has 0 amide bonds. The Morgan fingerprint density at radius 2 is 2.14 bits per heavy atom. The SMILES string of the molecule is O=C(O)C1=C(CN2CCOc3ccccc32)S(=O)(=O)N=C1. The number of fused-ring (bicyclic) bond motifs is 1. The predicted molar refractivity (Wildman–Crippen MR) is 76.2 cm³/mol. The number of benzene rings is 1. The average Bonchev–Trinajstić information content (AvgIpc) is 2.75. The Kier molecular flexibility index (Phi) is 3.17. The molecule has 0 spiro atoms. The lowest BCUT2D eigenvalue weighted by Crippen LogP contribution is -2.35. The number of carbonyl (C=O) groups is 1. The van der Waals surface area contributed by atoms with Crippen LogP contribution in [0.1, 0.15) is 0 Å². The molecule has 110 valence electrons. The largest absolute Gasteiger partial charge is 0.490 e. The first-order valence-electron chi connectivity index (χ1n) is 6.22. The molecule has 0 fully saturated rings. The zero-order valence-corrected chi connectivity index (χ0v) is 11.7. The number of sulfonamides is 1. The highest BCUT2D eigenvalue weighted by molar-refractivity contribution is 7.94. The Balaban J connectivity index is 1.98. The zero-order valence-electron chi connectivity index (χ0n) is 10.9. The highest BCUT2D eigenvalue weighted by Crippen LogP contribution is 2.33. The van der Waals surface area contributed by atoms with Crippen LogP contribution < -0.4 is 9.64 Å². The first-order valence-corrected chi connectivity index (χ1v) is 7.66. The van der Waals surface area contributed by atoms with Crippen molar-refractivity contribution in [2.24, 2.45) is 4.40 Å². The summed E-state index contributed by atoms with van der Waals surface area (Å²) in [7, 11) is -3.90. The maximum absolute atomic E-state index is 11.9. The first-order chi connectivity index (χ1) is 9.99. The van der Waals surface area contributed by atoms with Gasteiger partial charge < -0.3 is 14.7 Å². The maximum Gasteiger partial charge on any atom is 0.338 e. The van der Waals surface area contributed by atoms with Gasteiger partial charge in [0.15, 0.2) is 0 Å². The van der Waals surface area contributed by atoms with Crippen LogP contribution in [0.2, 0.25) is 0 Å². The van der Waals surface area contributed by atoms with E-state index in [9.17, 15) is 13.2 Å². The maximum atomic E-state index is 11.9. The Morgan fingerprint density at radius 3 is 2.90 bits per heavy atom. The molecule has 0 unspecified atom stereocenters. The average molecular weight is 308 g/mol. The topological polar surface area (TPSA) is 96.3 Å². The molecule has 1 aromatic rings. The number of aliphatic carboxylic acids is 1. The van der Waals surface area contributed by atoms with Crippen molar-refractivity contribution < 1.29 is 23.1 Å². The summed E-state index contributed by atoms with van der Waals surface area (Å²) in [5, 5.41) is 9.08. The molecule has 3 rings (SSSR count). The van der Waals surface area contributed by atoms with Gasteiger partial charge in [-0.15, -0.1) is 0 Å². The lowest BCUT2D eigenvalue weighted by molar-refractivity contribution is -0.132. The van der Waals surface area contributed by atoms with E-state index in [1.165, 1.54) is 0 Å². The van der Waals surface area contributed by atoms with E-state index in [0.29, 0.717) is 18.9 Å². The highest BCUT2D eigenvalue weighted by Gasteiger charge is 2.32. The van der Waals surface area contributed by atoms with E-state index in [0.717, 1.165) is 11.9 Å². The minimum atomic E-state index is -3.90. The molecule has 21 heavy (non-hydrogen) atoms. The molecule has 1 aromatic carbocycles. The molecule has 8 heteroatoms. The number of anilines is 1. The van der Waals surface area contributed by atoms with Gasteiger partial charge >= 0.3 is 5.97 Å². The minimum Gasteiger partial charge on any atom is -0.490 e. The standard InChI is InChI=1S/C13H12N2O5S/c16-13(17)9-7-14-21(18,19)12(9)8-15-5-6-20-11-4-2-1-3-10(11)15/h1-4,7H,5-6,8H2,(H,16,17). The van der Waals surface area contributed by atoms with E-state index >= 15 is 0 Å². The van der Waals surface area contributed by atoms with Crippen LogP contribution in [-0.4, -0.2) is 45.4 Å². The number of carboxylic acid groups (broad SMARTS) is 1. The third-order valence-corrected chi connectivity index (χ3v) is 4.68. The number of carboxylic acids is 1. The molecule has 2 aliphatic rings. The summed E-state index contributed by atoms with van der Waals surface area (Å²) < 4.78 is 32.6. The van der Waals surface area contributed by atoms with Crippen molar-refractivity contribution in [3.63, 3.8) is 0 Å². The van der Waals surface area contributed by atoms with Crippen LogP contribution in [0.25, 0.3) is 0 Å². The summed E-state index contributed by atoms with van der Waals surface area (Å²) in [6, 6.07) is 7.22. The molecule has 0 saturated heterocycles. The molecule has 0 atom stereocenters. The number of nitrogens with zero attached hydrogens (tertiary/aromatic N) is 2. The number of hydrogen-bond donors (Lipinski definition) is 1. The lowest BCUT2D eigenvalue weighted by atomic mass is 10.2. The summed E-state index contributed by atoms with van der Waals surface area (Å²) >= 11 is 0. The molecular formula is C13H12N2O5S. The van der Waals surface area contributed by atoms with Gasteiger partial charge in [0.1, 0.15) is 17.3 Å². The number of rotatable bonds is 3. The van der Waals surface area contributed by atoms with E-state index in [1.54, 1.807) is 17.0 Å². The van der Waals surface area contributed by atoms with E-state index in [2.05, 4.69) is 4.40 Å². The third-order valence-electron chi connectivity index (χ3n) is 3.32.